The van der Waals surface area contributed by atoms with E-state index in [0.717, 1.165) is 0 Å². The molecule has 1 unspecified atom stereocenters. The standard InChI is InChI=1S/C14H13ClN2O3/c1-19-12-5-10-11(6-13(12)20-4-2-3-15)17-8-9(7-16)14(10)18/h5-6,8-9H,2-4H2,1H3. The summed E-state index contributed by atoms with van der Waals surface area (Å²) in [6.07, 6.45) is 2.06. The van der Waals surface area contributed by atoms with Gasteiger partial charge in [-0.25, -0.2) is 0 Å². The highest BCUT2D eigenvalue weighted by atomic mass is 35.5. The normalized spacial score (nSPS) is 16.4. The van der Waals surface area contributed by atoms with Gasteiger partial charge in [0.05, 0.1) is 25.5 Å². The van der Waals surface area contributed by atoms with Crippen molar-refractivity contribution in [3.63, 3.8) is 0 Å². The van der Waals surface area contributed by atoms with E-state index in [2.05, 4.69) is 4.99 Å². The van der Waals surface area contributed by atoms with Gasteiger partial charge >= 0.3 is 0 Å². The Morgan fingerprint density at radius 2 is 2.25 bits per heavy atom. The summed E-state index contributed by atoms with van der Waals surface area (Å²) < 4.78 is 10.8. The number of methoxy groups -OCH3 is 1. The second kappa shape index (κ2) is 6.40. The van der Waals surface area contributed by atoms with Crippen molar-refractivity contribution in [2.24, 2.45) is 10.9 Å². The summed E-state index contributed by atoms with van der Waals surface area (Å²) in [5, 5.41) is 8.88. The van der Waals surface area contributed by atoms with Crippen LogP contribution in [0.25, 0.3) is 0 Å². The molecule has 104 valence electrons. The molecule has 0 bridgehead atoms. The molecule has 1 aromatic rings. The SMILES string of the molecule is COc1cc2c(cc1OCCCCl)N=CC(C#N)C2=O. The van der Waals surface area contributed by atoms with E-state index in [-0.39, 0.29) is 5.78 Å². The number of ketones is 1. The van der Waals surface area contributed by atoms with E-state index in [1.54, 1.807) is 12.1 Å². The minimum atomic E-state index is -0.838. The molecule has 0 aromatic heterocycles. The lowest BCUT2D eigenvalue weighted by Crippen LogP contribution is -2.18. The molecule has 0 fully saturated rings. The third-order valence-electron chi connectivity index (χ3n) is 2.87. The fourth-order valence-corrected chi connectivity index (χ4v) is 1.95. The van der Waals surface area contributed by atoms with Crippen molar-refractivity contribution in [2.75, 3.05) is 19.6 Å². The Morgan fingerprint density at radius 3 is 2.90 bits per heavy atom. The molecule has 5 nitrogen and oxygen atoms in total. The van der Waals surface area contributed by atoms with Crippen LogP contribution in [0, 0.1) is 17.2 Å². The molecule has 0 saturated heterocycles. The second-order valence-electron chi connectivity index (χ2n) is 4.16. The number of carbonyl (C=O) groups excluding carboxylic acids is 1. The molecular formula is C14H13ClN2O3. The van der Waals surface area contributed by atoms with Gasteiger partial charge in [0.1, 0.15) is 5.92 Å². The van der Waals surface area contributed by atoms with Gasteiger partial charge in [0, 0.05) is 23.7 Å². The van der Waals surface area contributed by atoms with Gasteiger partial charge in [-0.2, -0.15) is 5.26 Å². The Kier molecular flexibility index (Phi) is 4.59. The van der Waals surface area contributed by atoms with Crippen molar-refractivity contribution in [1.29, 1.82) is 5.26 Å². The molecule has 0 spiro atoms. The Hall–Kier alpha value is -2.06. The molecule has 1 heterocycles. The van der Waals surface area contributed by atoms with E-state index in [1.165, 1.54) is 13.3 Å². The molecule has 0 radical (unpaired) electrons. The molecule has 1 atom stereocenters. The molecule has 0 aliphatic carbocycles. The van der Waals surface area contributed by atoms with E-state index in [0.29, 0.717) is 41.7 Å². The van der Waals surface area contributed by atoms with Gasteiger partial charge in [-0.15, -0.1) is 11.6 Å². The molecule has 1 aliphatic rings. The largest absolute Gasteiger partial charge is 0.493 e. The van der Waals surface area contributed by atoms with E-state index in [9.17, 15) is 4.79 Å². The first-order valence-electron chi connectivity index (χ1n) is 6.10. The number of benzene rings is 1. The zero-order valence-electron chi connectivity index (χ0n) is 10.9. The molecule has 6 heteroatoms. The lowest BCUT2D eigenvalue weighted by molar-refractivity contribution is 0.0975. The van der Waals surface area contributed by atoms with Crippen LogP contribution < -0.4 is 9.47 Å². The van der Waals surface area contributed by atoms with Gasteiger partial charge in [0.25, 0.3) is 0 Å². The van der Waals surface area contributed by atoms with Crippen molar-refractivity contribution in [3.8, 4) is 17.6 Å². The highest BCUT2D eigenvalue weighted by molar-refractivity contribution is 6.17. The summed E-state index contributed by atoms with van der Waals surface area (Å²) in [7, 11) is 1.49. The number of fused-ring (bicyclic) bond motifs is 1. The lowest BCUT2D eigenvalue weighted by atomic mass is 9.95. The van der Waals surface area contributed by atoms with Crippen molar-refractivity contribution in [1.82, 2.24) is 0 Å². The van der Waals surface area contributed by atoms with Crippen LogP contribution in [0.2, 0.25) is 0 Å². The number of hydrogen-bond donors (Lipinski definition) is 0. The highest BCUT2D eigenvalue weighted by Crippen LogP contribution is 2.37. The Balaban J connectivity index is 2.35. The van der Waals surface area contributed by atoms with E-state index < -0.39 is 5.92 Å². The number of Topliss-reactive ketones (excluding diaryl/α,β-unsaturated/α-hetero) is 1. The maximum Gasteiger partial charge on any atom is 0.187 e. The number of nitriles is 1. The number of rotatable bonds is 5. The minimum Gasteiger partial charge on any atom is -0.493 e. The van der Waals surface area contributed by atoms with Gasteiger partial charge in [0.2, 0.25) is 0 Å². The zero-order chi connectivity index (χ0) is 14.5. The van der Waals surface area contributed by atoms with Crippen molar-refractivity contribution in [2.45, 2.75) is 6.42 Å². The van der Waals surface area contributed by atoms with Crippen LogP contribution in [-0.4, -0.2) is 31.6 Å². The molecule has 0 saturated carbocycles. The lowest BCUT2D eigenvalue weighted by Gasteiger charge is -2.16. The number of ether oxygens (including phenoxy) is 2. The minimum absolute atomic E-state index is 0.275. The molecule has 0 N–H and O–H groups in total. The number of carbonyl (C=O) groups is 1. The Labute approximate surface area is 121 Å². The number of aliphatic imine (C=N–C) groups is 1. The first-order valence-corrected chi connectivity index (χ1v) is 6.63. The van der Waals surface area contributed by atoms with Gasteiger partial charge < -0.3 is 9.47 Å². The summed E-state index contributed by atoms with van der Waals surface area (Å²) in [5.74, 6) is 0.351. The van der Waals surface area contributed by atoms with Crippen LogP contribution >= 0.6 is 11.6 Å². The fraction of sp³-hybridized carbons (Fsp3) is 0.357. The maximum atomic E-state index is 12.1. The van der Waals surface area contributed by atoms with Crippen LogP contribution in [0.3, 0.4) is 0 Å². The van der Waals surface area contributed by atoms with Crippen LogP contribution in [0.15, 0.2) is 17.1 Å². The number of nitrogens with zero attached hydrogens (tertiary/aromatic N) is 2. The highest BCUT2D eigenvalue weighted by Gasteiger charge is 2.26. The molecular weight excluding hydrogens is 280 g/mol. The van der Waals surface area contributed by atoms with Gasteiger partial charge in [-0.3, -0.25) is 9.79 Å². The molecule has 1 aliphatic heterocycles. The summed E-state index contributed by atoms with van der Waals surface area (Å²) >= 11 is 5.60. The predicted molar refractivity (Wildman–Crippen MR) is 75.4 cm³/mol. The van der Waals surface area contributed by atoms with Crippen molar-refractivity contribution >= 4 is 29.3 Å². The smallest absolute Gasteiger partial charge is 0.187 e. The number of hydrogen-bond acceptors (Lipinski definition) is 5. The van der Waals surface area contributed by atoms with Crippen LogP contribution in [-0.2, 0) is 0 Å². The predicted octanol–water partition coefficient (Wildman–Crippen LogP) is 2.74. The van der Waals surface area contributed by atoms with Gasteiger partial charge in [-0.1, -0.05) is 0 Å². The summed E-state index contributed by atoms with van der Waals surface area (Å²) in [6.45, 7) is 0.455. The van der Waals surface area contributed by atoms with E-state index in [1.807, 2.05) is 6.07 Å². The second-order valence-corrected chi connectivity index (χ2v) is 4.54. The van der Waals surface area contributed by atoms with Crippen molar-refractivity contribution < 1.29 is 14.3 Å². The zero-order valence-corrected chi connectivity index (χ0v) is 11.7. The average Bonchev–Trinajstić information content (AvgIpc) is 2.47. The number of alkyl halides is 1. The van der Waals surface area contributed by atoms with Crippen molar-refractivity contribution in [3.05, 3.63) is 17.7 Å². The topological polar surface area (TPSA) is 71.7 Å². The molecule has 20 heavy (non-hydrogen) atoms. The third-order valence-corrected chi connectivity index (χ3v) is 3.13. The summed E-state index contributed by atoms with van der Waals surface area (Å²) in [5.41, 5.74) is 0.865. The molecule has 2 rings (SSSR count). The Morgan fingerprint density at radius 1 is 1.45 bits per heavy atom. The average molecular weight is 293 g/mol. The molecule has 0 amide bonds. The van der Waals surface area contributed by atoms with E-state index in [4.69, 9.17) is 26.3 Å². The fourth-order valence-electron chi connectivity index (χ4n) is 1.84. The molecule has 1 aromatic carbocycles. The van der Waals surface area contributed by atoms with Gasteiger partial charge in [-0.05, 0) is 12.5 Å². The first-order chi connectivity index (χ1) is 9.71. The number of halogens is 1. The third kappa shape index (κ3) is 2.75. The van der Waals surface area contributed by atoms with Crippen LogP contribution in [0.1, 0.15) is 16.8 Å². The quantitative estimate of drug-likeness (QED) is 0.618. The summed E-state index contributed by atoms with van der Waals surface area (Å²) in [6, 6.07) is 5.11. The summed E-state index contributed by atoms with van der Waals surface area (Å²) in [4.78, 5) is 16.2. The van der Waals surface area contributed by atoms with Crippen LogP contribution in [0.5, 0.6) is 11.5 Å². The van der Waals surface area contributed by atoms with Crippen LogP contribution in [0.4, 0.5) is 5.69 Å². The van der Waals surface area contributed by atoms with Gasteiger partial charge in [0.15, 0.2) is 17.3 Å². The Bertz CT molecular complexity index is 593. The monoisotopic (exact) mass is 292 g/mol. The first kappa shape index (κ1) is 14.4. The maximum absolute atomic E-state index is 12.1. The van der Waals surface area contributed by atoms with E-state index >= 15 is 0 Å².